The van der Waals surface area contributed by atoms with Crippen molar-refractivity contribution in [1.82, 2.24) is 0 Å². The first kappa shape index (κ1) is 13.7. The molecule has 3 heterocycles. The molecule has 0 amide bonds. The Morgan fingerprint density at radius 1 is 1.05 bits per heavy atom. The van der Waals surface area contributed by atoms with Crippen molar-refractivity contribution in [2.24, 2.45) is 0 Å². The lowest BCUT2D eigenvalue weighted by atomic mass is 9.88. The summed E-state index contributed by atoms with van der Waals surface area (Å²) >= 11 is 5.88. The third kappa shape index (κ3) is 2.52. The number of fused-ring (bicyclic) bond motifs is 1. The Bertz CT molecular complexity index is 753. The first-order valence-electron chi connectivity index (χ1n) is 7.43. The predicted octanol–water partition coefficient (Wildman–Crippen LogP) is 6.43. The monoisotopic (exact) mass is 330 g/mol. The highest BCUT2D eigenvalue weighted by atomic mass is 32.1. The fourth-order valence-corrected chi connectivity index (χ4v) is 6.34. The molecule has 1 aliphatic rings. The molecule has 1 atom stereocenters. The fourth-order valence-electron chi connectivity index (χ4n) is 3.07. The van der Waals surface area contributed by atoms with E-state index < -0.39 is 0 Å². The van der Waals surface area contributed by atoms with Gasteiger partial charge in [-0.3, -0.25) is 0 Å². The van der Waals surface area contributed by atoms with Crippen LogP contribution in [0.1, 0.15) is 38.1 Å². The van der Waals surface area contributed by atoms with E-state index in [-0.39, 0.29) is 0 Å². The van der Waals surface area contributed by atoms with Crippen LogP contribution in [0.25, 0.3) is 9.75 Å². The highest BCUT2D eigenvalue weighted by molar-refractivity contribution is 7.22. The summed E-state index contributed by atoms with van der Waals surface area (Å²) in [6.45, 7) is 4.43. The van der Waals surface area contributed by atoms with Gasteiger partial charge in [0.15, 0.2) is 0 Å². The summed E-state index contributed by atoms with van der Waals surface area (Å²) in [4.78, 5) is 7.52. The van der Waals surface area contributed by atoms with Gasteiger partial charge in [-0.2, -0.15) is 0 Å². The average Bonchev–Trinajstić information content (AvgIpc) is 3.19. The van der Waals surface area contributed by atoms with Gasteiger partial charge in [-0.15, -0.1) is 34.0 Å². The molecule has 0 fully saturated rings. The highest BCUT2D eigenvalue weighted by Gasteiger charge is 2.22. The molecule has 0 aliphatic heterocycles. The molecule has 0 bridgehead atoms. The van der Waals surface area contributed by atoms with Gasteiger partial charge in [0.05, 0.1) is 0 Å². The lowest BCUT2D eigenvalue weighted by Crippen LogP contribution is -2.09. The second-order valence-corrected chi connectivity index (χ2v) is 9.23. The van der Waals surface area contributed by atoms with Crippen LogP contribution >= 0.6 is 34.0 Å². The molecule has 3 heteroatoms. The molecule has 1 unspecified atom stereocenters. The molecule has 108 valence electrons. The van der Waals surface area contributed by atoms with Crippen molar-refractivity contribution < 1.29 is 0 Å². The quantitative estimate of drug-likeness (QED) is 0.508. The smallest absolute Gasteiger partial charge is 0.0448 e. The maximum atomic E-state index is 2.37. The summed E-state index contributed by atoms with van der Waals surface area (Å²) in [6.07, 6.45) is 3.82. The molecule has 3 aromatic rings. The Labute approximate surface area is 138 Å². The zero-order valence-corrected chi connectivity index (χ0v) is 14.8. The van der Waals surface area contributed by atoms with E-state index >= 15 is 0 Å². The number of hydrogen-bond donors (Lipinski definition) is 0. The van der Waals surface area contributed by atoms with Crippen LogP contribution in [0.5, 0.6) is 0 Å². The first-order valence-corrected chi connectivity index (χ1v) is 9.94. The fraction of sp³-hybridized carbons (Fsp3) is 0.333. The van der Waals surface area contributed by atoms with Gasteiger partial charge in [0, 0.05) is 24.4 Å². The number of rotatable bonds is 2. The largest absolute Gasteiger partial charge is 0.149 e. The normalized spacial score (nSPS) is 17.9. The van der Waals surface area contributed by atoms with Crippen LogP contribution in [-0.4, -0.2) is 0 Å². The maximum absolute atomic E-state index is 2.37. The second kappa shape index (κ2) is 5.38. The Kier molecular flexibility index (Phi) is 3.52. The molecular formula is C18H18S3. The van der Waals surface area contributed by atoms with Crippen molar-refractivity contribution in [3.8, 4) is 9.75 Å². The zero-order chi connectivity index (χ0) is 14.4. The minimum Gasteiger partial charge on any atom is -0.149 e. The molecule has 0 saturated heterocycles. The van der Waals surface area contributed by atoms with E-state index in [2.05, 4.69) is 43.5 Å². The van der Waals surface area contributed by atoms with E-state index in [4.69, 9.17) is 0 Å². The number of hydrogen-bond acceptors (Lipinski definition) is 3. The van der Waals surface area contributed by atoms with E-state index in [9.17, 15) is 0 Å². The van der Waals surface area contributed by atoms with Gasteiger partial charge in [-0.05, 0) is 79.8 Å². The first-order chi connectivity index (χ1) is 10.2. The minimum atomic E-state index is 0.733. The van der Waals surface area contributed by atoms with E-state index in [0.29, 0.717) is 0 Å². The molecule has 21 heavy (non-hydrogen) atoms. The molecule has 1 aliphatic carbocycles. The second-order valence-electron chi connectivity index (χ2n) is 5.86. The Hall–Kier alpha value is -0.900. The summed E-state index contributed by atoms with van der Waals surface area (Å²) in [5, 5.41) is 2.25. The minimum absolute atomic E-state index is 0.733. The summed E-state index contributed by atoms with van der Waals surface area (Å²) in [6, 6.07) is 9.35. The molecule has 0 saturated carbocycles. The van der Waals surface area contributed by atoms with Gasteiger partial charge in [0.1, 0.15) is 0 Å². The average molecular weight is 331 g/mol. The maximum Gasteiger partial charge on any atom is 0.0448 e. The molecule has 0 nitrogen and oxygen atoms in total. The van der Waals surface area contributed by atoms with E-state index in [1.807, 2.05) is 34.0 Å². The Balaban J connectivity index is 1.60. The number of thiophene rings is 3. The summed E-state index contributed by atoms with van der Waals surface area (Å²) in [5.74, 6) is 0.733. The molecule has 0 aromatic carbocycles. The van der Waals surface area contributed by atoms with Crippen LogP contribution in [0.4, 0.5) is 0 Å². The van der Waals surface area contributed by atoms with Gasteiger partial charge < -0.3 is 0 Å². The van der Waals surface area contributed by atoms with Crippen molar-refractivity contribution in [2.45, 2.75) is 39.0 Å². The molecular weight excluding hydrogens is 312 g/mol. The summed E-state index contributed by atoms with van der Waals surface area (Å²) < 4.78 is 0. The highest BCUT2D eigenvalue weighted by Crippen LogP contribution is 2.41. The van der Waals surface area contributed by atoms with Gasteiger partial charge in [-0.1, -0.05) is 0 Å². The topological polar surface area (TPSA) is 0 Å². The lowest BCUT2D eigenvalue weighted by Gasteiger charge is -2.20. The van der Waals surface area contributed by atoms with Gasteiger partial charge in [-0.25, -0.2) is 0 Å². The van der Waals surface area contributed by atoms with Gasteiger partial charge >= 0.3 is 0 Å². The predicted molar refractivity (Wildman–Crippen MR) is 96.2 cm³/mol. The molecule has 4 rings (SSSR count). The number of aryl methyl sites for hydroxylation is 3. The van der Waals surface area contributed by atoms with Crippen molar-refractivity contribution in [1.29, 1.82) is 0 Å². The molecule has 0 spiro atoms. The van der Waals surface area contributed by atoms with E-state index in [0.717, 1.165) is 5.92 Å². The lowest BCUT2D eigenvalue weighted by molar-refractivity contribution is 0.602. The third-order valence-corrected chi connectivity index (χ3v) is 8.05. The molecule has 0 radical (unpaired) electrons. The summed E-state index contributed by atoms with van der Waals surface area (Å²) in [7, 11) is 0. The van der Waals surface area contributed by atoms with Crippen LogP contribution in [0.3, 0.4) is 0 Å². The van der Waals surface area contributed by atoms with Crippen molar-refractivity contribution >= 4 is 34.0 Å². The Morgan fingerprint density at radius 3 is 2.76 bits per heavy atom. The SMILES string of the molecule is Cc1cc(-c2ccc(C3CCc4ccsc4C3)s2)sc1C. The Morgan fingerprint density at radius 2 is 1.95 bits per heavy atom. The van der Waals surface area contributed by atoms with Crippen LogP contribution in [0, 0.1) is 13.8 Å². The van der Waals surface area contributed by atoms with Crippen LogP contribution < -0.4 is 0 Å². The van der Waals surface area contributed by atoms with Crippen molar-refractivity contribution in [3.05, 3.63) is 55.4 Å². The van der Waals surface area contributed by atoms with Crippen molar-refractivity contribution in [2.75, 3.05) is 0 Å². The summed E-state index contributed by atoms with van der Waals surface area (Å²) in [5.41, 5.74) is 3.02. The third-order valence-electron chi connectivity index (χ3n) is 4.47. The van der Waals surface area contributed by atoms with E-state index in [1.165, 1.54) is 39.5 Å². The van der Waals surface area contributed by atoms with Crippen molar-refractivity contribution in [3.63, 3.8) is 0 Å². The van der Waals surface area contributed by atoms with Gasteiger partial charge in [0.2, 0.25) is 0 Å². The van der Waals surface area contributed by atoms with Crippen LogP contribution in [0.2, 0.25) is 0 Å². The molecule has 3 aromatic heterocycles. The zero-order valence-electron chi connectivity index (χ0n) is 12.3. The van der Waals surface area contributed by atoms with Crippen LogP contribution in [0.15, 0.2) is 29.6 Å². The van der Waals surface area contributed by atoms with Gasteiger partial charge in [0.25, 0.3) is 0 Å². The molecule has 0 N–H and O–H groups in total. The standard InChI is InChI=1S/C18H18S3/c1-11-9-18(20-12(11)2)16-6-5-15(21-16)14-4-3-13-7-8-19-17(13)10-14/h5-9,14H,3-4,10H2,1-2H3. The van der Waals surface area contributed by atoms with E-state index in [1.54, 1.807) is 15.3 Å². The van der Waals surface area contributed by atoms with Crippen LogP contribution in [-0.2, 0) is 12.8 Å².